The molecule has 0 radical (unpaired) electrons. The summed E-state index contributed by atoms with van der Waals surface area (Å²) in [6.07, 6.45) is 3.99. The molecule has 25 nitrogen and oxygen atoms in total. The molecule has 1 heterocycles. The van der Waals surface area contributed by atoms with Crippen LogP contribution in [-0.4, -0.2) is 63.8 Å². The van der Waals surface area contributed by atoms with Crippen LogP contribution in [-0.2, 0) is 12.8 Å². The number of nitro benzene ring substituents is 6. The minimum absolute atomic E-state index is 0.447. The third-order valence-electron chi connectivity index (χ3n) is 6.86. The minimum Gasteiger partial charge on any atom is -0.497 e. The van der Waals surface area contributed by atoms with Gasteiger partial charge in [0.05, 0.1) is 59.5 Å². The summed E-state index contributed by atoms with van der Waals surface area (Å²) in [5.41, 5.74) is 7.94. The van der Waals surface area contributed by atoms with E-state index < -0.39 is 75.2 Å². The molecule has 3 aromatic carbocycles. The number of nitro groups is 6. The fourth-order valence-electron chi connectivity index (χ4n) is 4.28. The number of nitrogens with one attached hydrogen (secondary N) is 1. The average molecular weight is 790 g/mol. The quantitative estimate of drug-likeness (QED) is 0.0378. The van der Waals surface area contributed by atoms with Gasteiger partial charge in [0, 0.05) is 18.0 Å². The monoisotopic (exact) mass is 789 g/mol. The van der Waals surface area contributed by atoms with Crippen LogP contribution in [0.4, 0.5) is 39.3 Å². The zero-order chi connectivity index (χ0) is 41.4. The highest BCUT2D eigenvalue weighted by molar-refractivity contribution is 7.15. The normalized spacial score (nSPS) is 10.5. The summed E-state index contributed by atoms with van der Waals surface area (Å²) >= 11 is 1.57. The largest absolute Gasteiger partial charge is 0.497 e. The summed E-state index contributed by atoms with van der Waals surface area (Å²) in [5, 5.41) is 84.2. The predicted octanol–water partition coefficient (Wildman–Crippen LogP) is 4.74. The Kier molecular flexibility index (Phi) is 16.2. The Morgan fingerprint density at radius 2 is 1.16 bits per heavy atom. The van der Waals surface area contributed by atoms with Crippen molar-refractivity contribution in [2.45, 2.75) is 32.6 Å². The lowest BCUT2D eigenvalue weighted by atomic mass is 10.1. The fraction of sp³-hybridized carbons (Fsp3) is 0.241. The summed E-state index contributed by atoms with van der Waals surface area (Å²) < 4.78 is 0. The number of benzene rings is 3. The summed E-state index contributed by atoms with van der Waals surface area (Å²) in [7, 11) is 0. The first-order chi connectivity index (χ1) is 25.8. The third kappa shape index (κ3) is 13.4. The van der Waals surface area contributed by atoms with Gasteiger partial charge in [-0.1, -0.05) is 30.3 Å². The van der Waals surface area contributed by atoms with Crippen molar-refractivity contribution in [3.8, 4) is 11.5 Å². The number of nitrogen functional groups attached to an aromatic ring is 1. The molecule has 0 fully saturated rings. The van der Waals surface area contributed by atoms with Gasteiger partial charge in [-0.25, -0.2) is 4.98 Å². The molecule has 0 spiro atoms. The fourth-order valence-corrected chi connectivity index (χ4v) is 5.15. The van der Waals surface area contributed by atoms with Crippen LogP contribution in [0.1, 0.15) is 29.0 Å². The maximum Gasteiger partial charge on any atom is 0.324 e. The van der Waals surface area contributed by atoms with E-state index in [2.05, 4.69) is 39.6 Å². The van der Waals surface area contributed by atoms with Crippen LogP contribution in [0.25, 0.3) is 0 Å². The first kappa shape index (κ1) is 43.5. The van der Waals surface area contributed by atoms with Crippen molar-refractivity contribution < 1.29 is 39.8 Å². The molecule has 7 N–H and O–H groups in total. The molecule has 0 amide bonds. The molecule has 0 saturated carbocycles. The molecule has 26 heteroatoms. The van der Waals surface area contributed by atoms with E-state index in [4.69, 9.17) is 21.7 Å². The third-order valence-corrected chi connectivity index (χ3v) is 7.91. The standard InChI is InChI=1S/C17H25N5S.2C6H3N3O7/c1-13-15(23-17(19)22-13)10-6-12-21-16(18)20-11-5-9-14-7-3-2-4-8-14;2*10-6-4(8(13)14)1-3(7(11)12)2-5(6)9(15)16/h2-4,7-8H,5-6,9-12H2,1H3,(H2,19,22)(H3,18,20,21);2*1-2,10H. The second-order valence-electron chi connectivity index (χ2n) is 10.7. The summed E-state index contributed by atoms with van der Waals surface area (Å²) in [6, 6.07) is 12.2. The van der Waals surface area contributed by atoms with Crippen molar-refractivity contribution in [2.75, 3.05) is 18.8 Å². The SMILES string of the molecule is Cc1nc(N)sc1CCCNC(N)=NCCCc1ccccc1.O=[N+]([O-])c1cc([N+](=O)[O-])c(O)c([N+](=O)[O-])c1.O=[N+]([O-])c1cc([N+](=O)[O-])c(O)c([N+](=O)[O-])c1. The highest BCUT2D eigenvalue weighted by Gasteiger charge is 2.31. The van der Waals surface area contributed by atoms with E-state index in [1.54, 1.807) is 11.3 Å². The van der Waals surface area contributed by atoms with E-state index in [1.165, 1.54) is 10.4 Å². The number of non-ortho nitro benzene ring substituents is 2. The summed E-state index contributed by atoms with van der Waals surface area (Å²) in [5.74, 6) is -1.89. The van der Waals surface area contributed by atoms with Crippen molar-refractivity contribution >= 4 is 56.6 Å². The molecule has 0 aliphatic carbocycles. The number of nitrogens with zero attached hydrogens (tertiary/aromatic N) is 8. The number of rotatable bonds is 14. The topological polar surface area (TPSA) is 389 Å². The van der Waals surface area contributed by atoms with Gasteiger partial charge in [0.25, 0.3) is 22.9 Å². The van der Waals surface area contributed by atoms with E-state index in [0.29, 0.717) is 35.4 Å². The first-order valence-corrected chi connectivity index (χ1v) is 16.0. The molecule has 292 valence electrons. The zero-order valence-corrected chi connectivity index (χ0v) is 29.2. The van der Waals surface area contributed by atoms with E-state index in [9.17, 15) is 60.7 Å². The number of nitrogens with two attached hydrogens (primary N) is 2. The molecule has 0 bridgehead atoms. The van der Waals surface area contributed by atoms with E-state index in [-0.39, 0.29) is 0 Å². The molecule has 0 saturated heterocycles. The van der Waals surface area contributed by atoms with Gasteiger partial charge in [-0.05, 0) is 38.2 Å². The van der Waals surface area contributed by atoms with Gasteiger partial charge in [-0.15, -0.1) is 11.3 Å². The van der Waals surface area contributed by atoms with Crippen LogP contribution in [0.5, 0.6) is 11.5 Å². The molecule has 1 aromatic heterocycles. The lowest BCUT2D eigenvalue weighted by Crippen LogP contribution is -2.32. The Hall–Kier alpha value is -7.64. The highest BCUT2D eigenvalue weighted by Crippen LogP contribution is 2.40. The number of aliphatic imine (C=N–C) groups is 1. The smallest absolute Gasteiger partial charge is 0.324 e. The van der Waals surface area contributed by atoms with Crippen LogP contribution < -0.4 is 16.8 Å². The van der Waals surface area contributed by atoms with Gasteiger partial charge in [0.2, 0.25) is 0 Å². The number of anilines is 1. The van der Waals surface area contributed by atoms with Crippen LogP contribution in [0, 0.1) is 67.6 Å². The Morgan fingerprint density at radius 1 is 0.727 bits per heavy atom. The number of aryl methyl sites for hydroxylation is 3. The molecule has 55 heavy (non-hydrogen) atoms. The molecular formula is C29H31N11O14S. The Bertz CT molecular complexity index is 1930. The maximum absolute atomic E-state index is 10.4. The number of aromatic nitrogens is 1. The van der Waals surface area contributed by atoms with E-state index in [1.807, 2.05) is 13.0 Å². The summed E-state index contributed by atoms with van der Waals surface area (Å²) in [4.78, 5) is 65.4. The number of thiazole rings is 1. The number of hydrogen-bond donors (Lipinski definition) is 5. The Labute approximate surface area is 311 Å². The van der Waals surface area contributed by atoms with Crippen LogP contribution >= 0.6 is 11.3 Å². The van der Waals surface area contributed by atoms with Crippen LogP contribution in [0.2, 0.25) is 0 Å². The first-order valence-electron chi connectivity index (χ1n) is 15.2. The second kappa shape index (κ2) is 20.4. The van der Waals surface area contributed by atoms with Gasteiger partial charge in [-0.3, -0.25) is 65.7 Å². The predicted molar refractivity (Wildman–Crippen MR) is 195 cm³/mol. The number of phenols is 2. The highest BCUT2D eigenvalue weighted by atomic mass is 32.1. The van der Waals surface area contributed by atoms with Crippen molar-refractivity contribution in [3.05, 3.63) is 131 Å². The van der Waals surface area contributed by atoms with E-state index in [0.717, 1.165) is 44.5 Å². The van der Waals surface area contributed by atoms with E-state index >= 15 is 0 Å². The van der Waals surface area contributed by atoms with Crippen LogP contribution in [0.3, 0.4) is 0 Å². The maximum atomic E-state index is 10.4. The van der Waals surface area contributed by atoms with Crippen molar-refractivity contribution in [3.63, 3.8) is 0 Å². The van der Waals surface area contributed by atoms with Crippen LogP contribution in [0.15, 0.2) is 59.6 Å². The molecule has 4 rings (SSSR count). The number of hydrogen-bond acceptors (Lipinski definition) is 18. The van der Waals surface area contributed by atoms with Crippen molar-refractivity contribution in [1.29, 1.82) is 0 Å². The Balaban J connectivity index is 0.000000293. The summed E-state index contributed by atoms with van der Waals surface area (Å²) in [6.45, 7) is 3.56. The number of aromatic hydroxyl groups is 2. The average Bonchev–Trinajstić information content (AvgIpc) is 3.44. The van der Waals surface area contributed by atoms with Gasteiger partial charge in [0.15, 0.2) is 11.1 Å². The van der Waals surface area contributed by atoms with Gasteiger partial charge in [-0.2, -0.15) is 0 Å². The van der Waals surface area contributed by atoms with Crippen molar-refractivity contribution in [1.82, 2.24) is 10.3 Å². The van der Waals surface area contributed by atoms with Gasteiger partial charge in [0.1, 0.15) is 0 Å². The number of phenolic OH excluding ortho intramolecular Hbond substituents is 2. The number of guanidine groups is 1. The van der Waals surface area contributed by atoms with Gasteiger partial charge >= 0.3 is 22.7 Å². The molecule has 0 atom stereocenters. The molecule has 0 unspecified atom stereocenters. The Morgan fingerprint density at radius 3 is 1.53 bits per heavy atom. The lowest BCUT2D eigenvalue weighted by molar-refractivity contribution is -0.404. The zero-order valence-electron chi connectivity index (χ0n) is 28.4. The second-order valence-corrected chi connectivity index (χ2v) is 11.8. The molecule has 0 aliphatic rings. The van der Waals surface area contributed by atoms with Gasteiger partial charge < -0.3 is 27.0 Å². The minimum atomic E-state index is -1.21. The van der Waals surface area contributed by atoms with Crippen molar-refractivity contribution in [2.24, 2.45) is 10.7 Å². The molecular weight excluding hydrogens is 758 g/mol. The molecule has 4 aromatic rings. The molecule has 0 aliphatic heterocycles. The lowest BCUT2D eigenvalue weighted by Gasteiger charge is -2.05.